The zero-order chi connectivity index (χ0) is 16.4. The molecule has 0 N–H and O–H groups in total. The van der Waals surface area contributed by atoms with Gasteiger partial charge in [-0.15, -0.1) is 11.3 Å². The van der Waals surface area contributed by atoms with Gasteiger partial charge in [-0.25, -0.2) is 4.79 Å². The first kappa shape index (κ1) is 15.5. The molecule has 5 nitrogen and oxygen atoms in total. The lowest BCUT2D eigenvalue weighted by molar-refractivity contribution is -0.384. The molecule has 0 unspecified atom stereocenters. The third-order valence-electron chi connectivity index (χ3n) is 3.30. The van der Waals surface area contributed by atoms with Crippen molar-refractivity contribution in [2.24, 2.45) is 0 Å². The Morgan fingerprint density at radius 2 is 2.04 bits per heavy atom. The zero-order valence-electron chi connectivity index (χ0n) is 11.7. The second kappa shape index (κ2) is 6.36. The zero-order valence-corrected chi connectivity index (χ0v) is 13.3. The monoisotopic (exact) mass is 347 g/mol. The number of carbonyl (C=O) groups is 1. The van der Waals surface area contributed by atoms with E-state index in [9.17, 15) is 14.9 Å². The molecule has 7 heteroatoms. The Balaban J connectivity index is 1.76. The maximum absolute atomic E-state index is 12.1. The maximum Gasteiger partial charge on any atom is 0.339 e. The van der Waals surface area contributed by atoms with Gasteiger partial charge in [-0.3, -0.25) is 10.1 Å². The van der Waals surface area contributed by atoms with Crippen LogP contribution in [0, 0.1) is 10.1 Å². The maximum atomic E-state index is 12.1. The van der Waals surface area contributed by atoms with Gasteiger partial charge in [0.05, 0.1) is 15.5 Å². The van der Waals surface area contributed by atoms with Crippen molar-refractivity contribution < 1.29 is 14.5 Å². The molecule has 0 amide bonds. The van der Waals surface area contributed by atoms with Crippen molar-refractivity contribution in [3.63, 3.8) is 0 Å². The number of carbonyl (C=O) groups excluding carboxylic acids is 1. The highest BCUT2D eigenvalue weighted by Crippen LogP contribution is 2.27. The summed E-state index contributed by atoms with van der Waals surface area (Å²) in [6, 6.07) is 11.5. The first-order valence-corrected chi connectivity index (χ1v) is 7.88. The molecular formula is C16H10ClNO4S. The lowest BCUT2D eigenvalue weighted by Gasteiger charge is -2.06. The number of nitrogens with zero attached hydrogens (tertiary/aromatic N) is 1. The van der Waals surface area contributed by atoms with Gasteiger partial charge in [0.15, 0.2) is 0 Å². The fraction of sp³-hybridized carbons (Fsp3) is 0.0625. The van der Waals surface area contributed by atoms with Crippen LogP contribution in [-0.4, -0.2) is 10.9 Å². The SMILES string of the molecule is O=C(OCc1csc2ccccc12)c1ccc([N+](=O)[O-])cc1Cl. The third kappa shape index (κ3) is 3.18. The average Bonchev–Trinajstić information content (AvgIpc) is 2.95. The van der Waals surface area contributed by atoms with E-state index in [1.165, 1.54) is 12.1 Å². The van der Waals surface area contributed by atoms with Gasteiger partial charge in [-0.2, -0.15) is 0 Å². The Hall–Kier alpha value is -2.44. The summed E-state index contributed by atoms with van der Waals surface area (Å²) < 4.78 is 6.39. The number of ether oxygens (including phenoxy) is 1. The summed E-state index contributed by atoms with van der Waals surface area (Å²) in [5.41, 5.74) is 0.851. The number of thiophene rings is 1. The van der Waals surface area contributed by atoms with Gasteiger partial charge in [0, 0.05) is 22.4 Å². The highest BCUT2D eigenvalue weighted by Gasteiger charge is 2.16. The van der Waals surface area contributed by atoms with Crippen LogP contribution in [-0.2, 0) is 11.3 Å². The van der Waals surface area contributed by atoms with Crippen molar-refractivity contribution in [1.29, 1.82) is 0 Å². The molecule has 0 saturated carbocycles. The molecule has 0 saturated heterocycles. The van der Waals surface area contributed by atoms with Gasteiger partial charge in [-0.1, -0.05) is 29.8 Å². The summed E-state index contributed by atoms with van der Waals surface area (Å²) in [6.45, 7) is 0.121. The van der Waals surface area contributed by atoms with Crippen LogP contribution in [0.2, 0.25) is 5.02 Å². The van der Waals surface area contributed by atoms with Crippen LogP contribution in [0.5, 0.6) is 0 Å². The largest absolute Gasteiger partial charge is 0.457 e. The first-order valence-electron chi connectivity index (χ1n) is 6.62. The Morgan fingerprint density at radius 3 is 2.78 bits per heavy atom. The second-order valence-corrected chi connectivity index (χ2v) is 6.07. The predicted molar refractivity (Wildman–Crippen MR) is 89.1 cm³/mol. The van der Waals surface area contributed by atoms with Crippen molar-refractivity contribution in [2.75, 3.05) is 0 Å². The van der Waals surface area contributed by atoms with E-state index < -0.39 is 10.9 Å². The smallest absolute Gasteiger partial charge is 0.339 e. The molecule has 0 bridgehead atoms. The van der Waals surface area contributed by atoms with Gasteiger partial charge < -0.3 is 4.74 Å². The van der Waals surface area contributed by atoms with Crippen molar-refractivity contribution in [3.05, 3.63) is 74.1 Å². The molecule has 0 radical (unpaired) electrons. The Morgan fingerprint density at radius 1 is 1.26 bits per heavy atom. The highest BCUT2D eigenvalue weighted by molar-refractivity contribution is 7.17. The Bertz CT molecular complexity index is 906. The topological polar surface area (TPSA) is 69.4 Å². The van der Waals surface area contributed by atoms with Gasteiger partial charge in [0.2, 0.25) is 0 Å². The summed E-state index contributed by atoms with van der Waals surface area (Å²) >= 11 is 7.50. The molecule has 23 heavy (non-hydrogen) atoms. The minimum absolute atomic E-state index is 0.000577. The van der Waals surface area contributed by atoms with E-state index >= 15 is 0 Å². The summed E-state index contributed by atoms with van der Waals surface area (Å²) in [4.78, 5) is 22.2. The molecule has 3 rings (SSSR count). The van der Waals surface area contributed by atoms with Crippen molar-refractivity contribution in [3.8, 4) is 0 Å². The summed E-state index contributed by atoms with van der Waals surface area (Å²) in [5, 5.41) is 13.7. The molecule has 0 aliphatic heterocycles. The Kier molecular flexibility index (Phi) is 4.27. The molecule has 2 aromatic carbocycles. The number of esters is 1. The standard InChI is InChI=1S/C16H10ClNO4S/c17-14-7-11(18(20)21)5-6-13(14)16(19)22-8-10-9-23-15-4-2-1-3-12(10)15/h1-7,9H,8H2. The average molecular weight is 348 g/mol. The number of nitro benzene ring substituents is 1. The van der Waals surface area contributed by atoms with Crippen molar-refractivity contribution in [2.45, 2.75) is 6.61 Å². The molecule has 0 spiro atoms. The molecule has 0 aliphatic rings. The van der Waals surface area contributed by atoms with Crippen LogP contribution < -0.4 is 0 Å². The number of rotatable bonds is 4. The molecule has 0 aliphatic carbocycles. The summed E-state index contributed by atoms with van der Waals surface area (Å²) in [7, 11) is 0. The van der Waals surface area contributed by atoms with E-state index in [0.29, 0.717) is 0 Å². The number of benzene rings is 2. The number of halogens is 1. The van der Waals surface area contributed by atoms with Crippen molar-refractivity contribution in [1.82, 2.24) is 0 Å². The molecule has 0 fully saturated rings. The summed E-state index contributed by atoms with van der Waals surface area (Å²) in [5.74, 6) is -0.611. The van der Waals surface area contributed by atoms with Crippen LogP contribution in [0.3, 0.4) is 0 Å². The van der Waals surface area contributed by atoms with Crippen LogP contribution >= 0.6 is 22.9 Å². The highest BCUT2D eigenvalue weighted by atomic mass is 35.5. The lowest BCUT2D eigenvalue weighted by atomic mass is 10.2. The van der Waals surface area contributed by atoms with Crippen LogP contribution in [0.15, 0.2) is 47.8 Å². The predicted octanol–water partition coefficient (Wildman–Crippen LogP) is 4.82. The lowest BCUT2D eigenvalue weighted by Crippen LogP contribution is -2.06. The number of nitro groups is 1. The van der Waals surface area contributed by atoms with E-state index in [0.717, 1.165) is 21.7 Å². The molecule has 116 valence electrons. The summed E-state index contributed by atoms with van der Waals surface area (Å²) in [6.07, 6.45) is 0. The first-order chi connectivity index (χ1) is 11.1. The van der Waals surface area contributed by atoms with Crippen LogP contribution in [0.1, 0.15) is 15.9 Å². The van der Waals surface area contributed by atoms with Crippen LogP contribution in [0.25, 0.3) is 10.1 Å². The van der Waals surface area contributed by atoms with E-state index in [1.807, 2.05) is 29.6 Å². The quantitative estimate of drug-likeness (QED) is 0.385. The minimum atomic E-state index is -0.611. The minimum Gasteiger partial charge on any atom is -0.457 e. The normalized spacial score (nSPS) is 10.7. The molecule has 0 atom stereocenters. The Labute approximate surface area is 140 Å². The van der Waals surface area contributed by atoms with Gasteiger partial charge >= 0.3 is 5.97 Å². The second-order valence-electron chi connectivity index (χ2n) is 4.75. The van der Waals surface area contributed by atoms with E-state index in [4.69, 9.17) is 16.3 Å². The number of hydrogen-bond acceptors (Lipinski definition) is 5. The van der Waals surface area contributed by atoms with E-state index in [-0.39, 0.29) is 22.9 Å². The number of non-ortho nitro benzene ring substituents is 1. The molecule has 3 aromatic rings. The third-order valence-corrected chi connectivity index (χ3v) is 4.63. The molecule has 1 aromatic heterocycles. The van der Waals surface area contributed by atoms with Gasteiger partial charge in [-0.05, 0) is 22.9 Å². The fourth-order valence-electron chi connectivity index (χ4n) is 2.15. The van der Waals surface area contributed by atoms with Gasteiger partial charge in [0.1, 0.15) is 6.61 Å². The molecular weight excluding hydrogens is 338 g/mol. The van der Waals surface area contributed by atoms with E-state index in [2.05, 4.69) is 0 Å². The number of hydrogen-bond donors (Lipinski definition) is 0. The molecule has 1 heterocycles. The van der Waals surface area contributed by atoms with E-state index in [1.54, 1.807) is 11.3 Å². The number of fused-ring (bicyclic) bond motifs is 1. The van der Waals surface area contributed by atoms with Crippen LogP contribution in [0.4, 0.5) is 5.69 Å². The van der Waals surface area contributed by atoms with Gasteiger partial charge in [0.25, 0.3) is 5.69 Å². The van der Waals surface area contributed by atoms with Crippen molar-refractivity contribution >= 4 is 44.7 Å². The fourth-order valence-corrected chi connectivity index (χ4v) is 3.35.